The summed E-state index contributed by atoms with van der Waals surface area (Å²) in [4.78, 5) is 12.8. The van der Waals surface area contributed by atoms with Crippen molar-refractivity contribution in [2.24, 2.45) is 0 Å². The van der Waals surface area contributed by atoms with Crippen molar-refractivity contribution in [1.29, 1.82) is 0 Å². The molecule has 0 N–H and O–H groups in total. The molecule has 1 aliphatic carbocycles. The van der Waals surface area contributed by atoms with Gasteiger partial charge in [0.1, 0.15) is 17.1 Å². The van der Waals surface area contributed by atoms with Crippen molar-refractivity contribution in [3.63, 3.8) is 0 Å². The van der Waals surface area contributed by atoms with E-state index in [2.05, 4.69) is 0 Å². The Morgan fingerprint density at radius 1 is 1.09 bits per heavy atom. The topological polar surface area (TPSA) is 35.5 Å². The van der Waals surface area contributed by atoms with E-state index in [0.717, 1.165) is 0 Å². The number of hydrogen-bond acceptors (Lipinski definition) is 3. The fraction of sp³-hybridized carbons (Fsp3) is 0.588. The van der Waals surface area contributed by atoms with Gasteiger partial charge >= 0.3 is 0 Å². The maximum absolute atomic E-state index is 12.8. The molecule has 3 nitrogen and oxygen atoms in total. The molecular formula is C17H25LiO3P. The maximum Gasteiger partial charge on any atom is 0.188 e. The molecule has 0 spiro atoms. The third kappa shape index (κ3) is 5.31. The van der Waals surface area contributed by atoms with E-state index in [1.54, 1.807) is 0 Å². The van der Waals surface area contributed by atoms with Gasteiger partial charge in [0.15, 0.2) is 5.52 Å². The molecular weight excluding hydrogens is 290 g/mol. The molecule has 0 saturated heterocycles. The first-order valence-electron chi connectivity index (χ1n) is 7.95. The van der Waals surface area contributed by atoms with E-state index in [9.17, 15) is 4.79 Å². The molecule has 0 bridgehead atoms. The number of hydrogen-bond donors (Lipinski definition) is 0. The van der Waals surface area contributed by atoms with E-state index in [4.69, 9.17) is 9.47 Å². The molecule has 1 aromatic carbocycles. The maximum atomic E-state index is 12.8. The average molecular weight is 315 g/mol. The molecule has 0 heterocycles. The van der Waals surface area contributed by atoms with Gasteiger partial charge in [0.05, 0.1) is 13.2 Å². The molecule has 1 radical (unpaired) electrons. The zero-order chi connectivity index (χ0) is 15.1. The number of carbonyl (C=O) groups excluding carboxylic acids is 1. The third-order valence-corrected chi connectivity index (χ3v) is 5.25. The van der Waals surface area contributed by atoms with Crippen molar-refractivity contribution in [3.05, 3.63) is 23.8 Å². The summed E-state index contributed by atoms with van der Waals surface area (Å²) in [7, 11) is 0.335. The van der Waals surface area contributed by atoms with E-state index < -0.39 is 0 Å². The van der Waals surface area contributed by atoms with E-state index in [-0.39, 0.29) is 24.4 Å². The quantitative estimate of drug-likeness (QED) is 0.557. The van der Waals surface area contributed by atoms with Gasteiger partial charge in [-0.3, -0.25) is 4.79 Å². The zero-order valence-corrected chi connectivity index (χ0v) is 15.0. The predicted molar refractivity (Wildman–Crippen MR) is 94.1 cm³/mol. The zero-order valence-electron chi connectivity index (χ0n) is 14.0. The third-order valence-electron chi connectivity index (χ3n) is 3.76. The fourth-order valence-electron chi connectivity index (χ4n) is 2.79. The molecule has 1 aromatic rings. The van der Waals surface area contributed by atoms with Gasteiger partial charge < -0.3 is 9.47 Å². The van der Waals surface area contributed by atoms with E-state index in [0.29, 0.717) is 44.5 Å². The molecule has 2 rings (SSSR count). The monoisotopic (exact) mass is 315 g/mol. The van der Waals surface area contributed by atoms with Crippen molar-refractivity contribution in [2.45, 2.75) is 51.6 Å². The summed E-state index contributed by atoms with van der Waals surface area (Å²) in [5.41, 5.74) is 1.38. The second-order valence-electron chi connectivity index (χ2n) is 5.30. The van der Waals surface area contributed by atoms with Crippen LogP contribution in [0.3, 0.4) is 0 Å². The Kier molecular flexibility index (Phi) is 9.18. The second kappa shape index (κ2) is 10.3. The summed E-state index contributed by atoms with van der Waals surface area (Å²) in [6.07, 6.45) is 6.21. The number of ether oxygens (including phenoxy) is 2. The minimum atomic E-state index is 0. The Morgan fingerprint density at radius 2 is 1.64 bits per heavy atom. The van der Waals surface area contributed by atoms with Crippen LogP contribution < -0.4 is 9.47 Å². The summed E-state index contributed by atoms with van der Waals surface area (Å²) in [6, 6.07) is 5.62. The minimum Gasteiger partial charge on any atom is -0.493 e. The molecule has 1 fully saturated rings. The van der Waals surface area contributed by atoms with Crippen LogP contribution in [0.4, 0.5) is 0 Å². The van der Waals surface area contributed by atoms with Gasteiger partial charge in [0.25, 0.3) is 0 Å². The van der Waals surface area contributed by atoms with Crippen LogP contribution in [0.2, 0.25) is 0 Å². The largest absolute Gasteiger partial charge is 0.493 e. The Labute approximate surface area is 147 Å². The smallest absolute Gasteiger partial charge is 0.188 e. The van der Waals surface area contributed by atoms with Crippen LogP contribution in [0.5, 0.6) is 11.5 Å². The molecule has 0 aromatic heterocycles. The van der Waals surface area contributed by atoms with Crippen molar-refractivity contribution in [2.75, 3.05) is 13.2 Å². The Balaban J connectivity index is 0.00000242. The molecule has 22 heavy (non-hydrogen) atoms. The van der Waals surface area contributed by atoms with Crippen molar-refractivity contribution in [3.8, 4) is 11.5 Å². The van der Waals surface area contributed by atoms with Gasteiger partial charge in [0.2, 0.25) is 0 Å². The first-order valence-corrected chi connectivity index (χ1v) is 9.03. The van der Waals surface area contributed by atoms with Gasteiger partial charge in [-0.2, -0.15) is 0 Å². The number of benzene rings is 1. The van der Waals surface area contributed by atoms with Crippen LogP contribution in [0, 0.1) is 0 Å². The predicted octanol–water partition coefficient (Wildman–Crippen LogP) is 4.25. The molecule has 0 amide bonds. The summed E-state index contributed by atoms with van der Waals surface area (Å²) < 4.78 is 11.3. The van der Waals surface area contributed by atoms with E-state index >= 15 is 0 Å². The Morgan fingerprint density at radius 3 is 2.14 bits per heavy atom. The molecule has 1 saturated carbocycles. The van der Waals surface area contributed by atoms with Crippen LogP contribution in [-0.4, -0.2) is 43.3 Å². The summed E-state index contributed by atoms with van der Waals surface area (Å²) in [5.74, 6) is 1.33. The van der Waals surface area contributed by atoms with Gasteiger partial charge in [-0.25, -0.2) is 0 Å². The second-order valence-corrected chi connectivity index (χ2v) is 6.86. The van der Waals surface area contributed by atoms with Crippen LogP contribution in [0.15, 0.2) is 18.2 Å². The van der Waals surface area contributed by atoms with Gasteiger partial charge in [-0.1, -0.05) is 25.3 Å². The first-order chi connectivity index (χ1) is 10.3. The van der Waals surface area contributed by atoms with Gasteiger partial charge in [-0.05, 0) is 53.1 Å². The number of rotatable bonds is 7. The van der Waals surface area contributed by atoms with Crippen molar-refractivity contribution in [1.82, 2.24) is 0 Å². The summed E-state index contributed by atoms with van der Waals surface area (Å²) in [5, 5.41) is 0. The molecule has 1 unspecified atom stereocenters. The molecule has 1 atom stereocenters. The summed E-state index contributed by atoms with van der Waals surface area (Å²) in [6.45, 7) is 4.99. The number of carbonyl (C=O) groups is 1. The van der Waals surface area contributed by atoms with Gasteiger partial charge in [0, 0.05) is 18.9 Å². The van der Waals surface area contributed by atoms with Crippen LogP contribution in [0.25, 0.3) is 0 Å². The van der Waals surface area contributed by atoms with E-state index in [1.165, 1.54) is 32.1 Å². The molecule has 1 aliphatic rings. The van der Waals surface area contributed by atoms with E-state index in [1.807, 2.05) is 32.0 Å². The van der Waals surface area contributed by atoms with Crippen LogP contribution in [-0.2, 0) is 0 Å². The molecule has 117 valence electrons. The molecule has 0 aliphatic heterocycles. The first kappa shape index (κ1) is 19.6. The molecule has 5 heteroatoms. The average Bonchev–Trinajstić information content (AvgIpc) is 2.49. The van der Waals surface area contributed by atoms with Gasteiger partial charge in [-0.15, -0.1) is 0 Å². The minimum absolute atomic E-state index is 0. The SMILES string of the molecule is CCOc1cccc(OCC)c1C(=O)PC1CCCCC1.[Li]. The van der Waals surface area contributed by atoms with Crippen molar-refractivity contribution < 1.29 is 14.3 Å². The fourth-order valence-corrected chi connectivity index (χ4v) is 4.25. The normalized spacial score (nSPS) is 15.5. The van der Waals surface area contributed by atoms with Crippen LogP contribution in [0.1, 0.15) is 56.3 Å². The Bertz CT molecular complexity index is 449. The van der Waals surface area contributed by atoms with Crippen molar-refractivity contribution >= 4 is 33.0 Å². The summed E-state index contributed by atoms with van der Waals surface area (Å²) >= 11 is 0. The standard InChI is InChI=1S/C17H25O3P.Li/c1-3-19-14-11-8-12-15(20-4-2)16(14)17(18)21-13-9-6-5-7-10-13;/h8,11-13,21H,3-7,9-10H2,1-2H3;. The van der Waals surface area contributed by atoms with Crippen LogP contribution >= 0.6 is 8.58 Å². The Hall–Kier alpha value is -0.483.